The maximum atomic E-state index is 11.1. The largest absolute Gasteiger partial charge is 0.378 e. The number of nitrogens with zero attached hydrogens (tertiary/aromatic N) is 2. The van der Waals surface area contributed by atoms with E-state index in [1.165, 1.54) is 25.7 Å². The van der Waals surface area contributed by atoms with Gasteiger partial charge in [0.15, 0.2) is 5.96 Å². The molecule has 0 aromatic carbocycles. The summed E-state index contributed by atoms with van der Waals surface area (Å²) >= 11 is 0. The van der Waals surface area contributed by atoms with Gasteiger partial charge in [0.25, 0.3) is 0 Å². The number of primary amides is 1. The summed E-state index contributed by atoms with van der Waals surface area (Å²) in [6.45, 7) is 5.06. The van der Waals surface area contributed by atoms with Crippen LogP contribution in [0.3, 0.4) is 0 Å². The zero-order valence-corrected chi connectivity index (χ0v) is 16.3. The lowest BCUT2D eigenvalue weighted by atomic mass is 9.60. The maximum absolute atomic E-state index is 11.1. The Morgan fingerprint density at radius 2 is 1.96 bits per heavy atom. The van der Waals surface area contributed by atoms with Crippen molar-refractivity contribution in [2.45, 2.75) is 70.1 Å². The number of guanidine groups is 1. The van der Waals surface area contributed by atoms with E-state index in [-0.39, 0.29) is 5.91 Å². The molecule has 2 unspecified atom stereocenters. The number of hydrogen-bond acceptors (Lipinski definition) is 4. The van der Waals surface area contributed by atoms with Gasteiger partial charge in [0.05, 0.1) is 12.6 Å². The number of carbonyl (C=O) groups excluding carboxylic acids is 1. The molecular formula is C19H35N5O2. The van der Waals surface area contributed by atoms with Gasteiger partial charge in [-0.3, -0.25) is 14.7 Å². The fraction of sp³-hybridized carbons (Fsp3) is 0.895. The van der Waals surface area contributed by atoms with Crippen LogP contribution in [0.5, 0.6) is 0 Å². The molecule has 1 aliphatic heterocycles. The average Bonchev–Trinajstić information content (AvgIpc) is 3.14. The fourth-order valence-electron chi connectivity index (χ4n) is 5.07. The number of aliphatic imine (C=N–C) groups is 1. The second kappa shape index (κ2) is 8.57. The molecule has 26 heavy (non-hydrogen) atoms. The second-order valence-corrected chi connectivity index (χ2v) is 8.05. The molecule has 1 saturated heterocycles. The van der Waals surface area contributed by atoms with Gasteiger partial charge in [0.2, 0.25) is 5.91 Å². The lowest BCUT2D eigenvalue weighted by Gasteiger charge is -2.54. The van der Waals surface area contributed by atoms with E-state index in [9.17, 15) is 4.79 Å². The normalized spacial score (nSPS) is 29.5. The monoisotopic (exact) mass is 365 g/mol. The van der Waals surface area contributed by atoms with Crippen LogP contribution in [0, 0.1) is 5.41 Å². The van der Waals surface area contributed by atoms with Crippen LogP contribution >= 0.6 is 0 Å². The molecule has 2 saturated carbocycles. The van der Waals surface area contributed by atoms with Crippen LogP contribution in [-0.4, -0.2) is 68.2 Å². The van der Waals surface area contributed by atoms with Crippen molar-refractivity contribution >= 4 is 11.9 Å². The SMILES string of the molecule is CCOC1CC(NC(=NC)NC2CCN(CC(N)=O)CC2)C12CCCC2. The molecule has 3 rings (SSSR count). The molecule has 2 aliphatic carbocycles. The van der Waals surface area contributed by atoms with Gasteiger partial charge < -0.3 is 21.1 Å². The second-order valence-electron chi connectivity index (χ2n) is 8.05. The highest BCUT2D eigenvalue weighted by molar-refractivity contribution is 5.80. The highest BCUT2D eigenvalue weighted by Crippen LogP contribution is 2.54. The predicted molar refractivity (Wildman–Crippen MR) is 103 cm³/mol. The molecule has 2 atom stereocenters. The zero-order valence-electron chi connectivity index (χ0n) is 16.3. The molecule has 0 aromatic rings. The van der Waals surface area contributed by atoms with Gasteiger partial charge in [-0.15, -0.1) is 0 Å². The number of nitrogens with one attached hydrogen (secondary N) is 2. The molecule has 3 fully saturated rings. The number of nitrogens with two attached hydrogens (primary N) is 1. The molecule has 1 spiro atoms. The van der Waals surface area contributed by atoms with Gasteiger partial charge in [0, 0.05) is 44.2 Å². The van der Waals surface area contributed by atoms with Gasteiger partial charge in [-0.05, 0) is 39.0 Å². The number of rotatable bonds is 6. The quantitative estimate of drug-likeness (QED) is 0.479. The molecule has 7 nitrogen and oxygen atoms in total. The van der Waals surface area contributed by atoms with Gasteiger partial charge in [-0.25, -0.2) is 0 Å². The number of amides is 1. The molecule has 1 heterocycles. The van der Waals surface area contributed by atoms with Crippen molar-refractivity contribution in [3.05, 3.63) is 0 Å². The number of hydrogen-bond donors (Lipinski definition) is 3. The van der Waals surface area contributed by atoms with E-state index in [0.29, 0.717) is 30.1 Å². The Morgan fingerprint density at radius 3 is 2.54 bits per heavy atom. The van der Waals surface area contributed by atoms with E-state index < -0.39 is 0 Å². The fourth-order valence-corrected chi connectivity index (χ4v) is 5.07. The summed E-state index contributed by atoms with van der Waals surface area (Å²) in [5.41, 5.74) is 5.59. The van der Waals surface area contributed by atoms with Crippen molar-refractivity contribution in [2.75, 3.05) is 33.3 Å². The maximum Gasteiger partial charge on any atom is 0.231 e. The van der Waals surface area contributed by atoms with E-state index in [1.54, 1.807) is 0 Å². The molecule has 4 N–H and O–H groups in total. The highest BCUT2D eigenvalue weighted by Gasteiger charge is 2.57. The Bertz CT molecular complexity index is 510. The van der Waals surface area contributed by atoms with E-state index >= 15 is 0 Å². The molecule has 3 aliphatic rings. The Kier molecular flexibility index (Phi) is 6.40. The molecule has 7 heteroatoms. The van der Waals surface area contributed by atoms with Crippen LogP contribution in [0.15, 0.2) is 4.99 Å². The van der Waals surface area contributed by atoms with E-state index in [1.807, 2.05) is 7.05 Å². The minimum atomic E-state index is -0.246. The van der Waals surface area contributed by atoms with Crippen LogP contribution in [0.25, 0.3) is 0 Å². The van der Waals surface area contributed by atoms with Crippen LogP contribution in [0.4, 0.5) is 0 Å². The third kappa shape index (κ3) is 4.14. The number of carbonyl (C=O) groups is 1. The number of likely N-dealkylation sites (tertiary alicyclic amines) is 1. The molecule has 0 bridgehead atoms. The topological polar surface area (TPSA) is 92.0 Å². The Hall–Kier alpha value is -1.34. The van der Waals surface area contributed by atoms with Gasteiger partial charge in [0.1, 0.15) is 0 Å². The molecule has 148 valence electrons. The average molecular weight is 366 g/mol. The lowest BCUT2D eigenvalue weighted by molar-refractivity contribution is -0.125. The standard InChI is InChI=1S/C19H35N5O2/c1-3-26-16-12-15(19(16)8-4-5-9-19)23-18(21-2)22-14-6-10-24(11-7-14)13-17(20)25/h14-16H,3-13H2,1-2H3,(H2,20,25)(H2,21,22,23). The Balaban J connectivity index is 1.49. The van der Waals surface area contributed by atoms with Crippen molar-refractivity contribution in [1.82, 2.24) is 15.5 Å². The van der Waals surface area contributed by atoms with Gasteiger partial charge in [-0.1, -0.05) is 12.8 Å². The Labute approximate surface area is 157 Å². The summed E-state index contributed by atoms with van der Waals surface area (Å²) in [5, 5.41) is 7.27. The zero-order chi connectivity index (χ0) is 18.6. The minimum Gasteiger partial charge on any atom is -0.378 e. The van der Waals surface area contributed by atoms with Crippen molar-refractivity contribution in [3.8, 4) is 0 Å². The lowest BCUT2D eigenvalue weighted by Crippen LogP contribution is -2.65. The summed E-state index contributed by atoms with van der Waals surface area (Å²) in [6.07, 6.45) is 8.64. The third-order valence-corrected chi connectivity index (χ3v) is 6.53. The van der Waals surface area contributed by atoms with Crippen molar-refractivity contribution in [3.63, 3.8) is 0 Å². The van der Waals surface area contributed by atoms with E-state index in [0.717, 1.165) is 44.9 Å². The van der Waals surface area contributed by atoms with Crippen molar-refractivity contribution in [2.24, 2.45) is 16.1 Å². The first-order valence-corrected chi connectivity index (χ1v) is 10.2. The summed E-state index contributed by atoms with van der Waals surface area (Å²) in [4.78, 5) is 17.6. The Morgan fingerprint density at radius 1 is 1.27 bits per heavy atom. The van der Waals surface area contributed by atoms with Crippen LogP contribution in [0.2, 0.25) is 0 Å². The molecular weight excluding hydrogens is 330 g/mol. The van der Waals surface area contributed by atoms with Crippen LogP contribution in [-0.2, 0) is 9.53 Å². The summed E-state index contributed by atoms with van der Waals surface area (Å²) in [6, 6.07) is 0.857. The van der Waals surface area contributed by atoms with Crippen molar-refractivity contribution < 1.29 is 9.53 Å². The highest BCUT2D eigenvalue weighted by atomic mass is 16.5. The smallest absolute Gasteiger partial charge is 0.231 e. The third-order valence-electron chi connectivity index (χ3n) is 6.53. The molecule has 0 radical (unpaired) electrons. The predicted octanol–water partition coefficient (Wildman–Crippen LogP) is 0.839. The molecule has 0 aromatic heterocycles. The number of piperidine rings is 1. The minimum absolute atomic E-state index is 0.246. The summed E-state index contributed by atoms with van der Waals surface area (Å²) in [5.74, 6) is 0.661. The first kappa shape index (κ1) is 19.4. The van der Waals surface area contributed by atoms with Gasteiger partial charge >= 0.3 is 0 Å². The van der Waals surface area contributed by atoms with E-state index in [4.69, 9.17) is 10.5 Å². The summed E-state index contributed by atoms with van der Waals surface area (Å²) < 4.78 is 6.01. The number of ether oxygens (including phenoxy) is 1. The van der Waals surface area contributed by atoms with Crippen LogP contribution < -0.4 is 16.4 Å². The van der Waals surface area contributed by atoms with Crippen molar-refractivity contribution in [1.29, 1.82) is 0 Å². The summed E-state index contributed by atoms with van der Waals surface area (Å²) in [7, 11) is 1.84. The first-order chi connectivity index (χ1) is 12.6. The van der Waals surface area contributed by atoms with Crippen LogP contribution in [0.1, 0.15) is 51.9 Å². The van der Waals surface area contributed by atoms with E-state index in [2.05, 4.69) is 27.4 Å². The first-order valence-electron chi connectivity index (χ1n) is 10.2. The van der Waals surface area contributed by atoms with Gasteiger partial charge in [-0.2, -0.15) is 0 Å². The molecule has 1 amide bonds.